The molecule has 0 spiro atoms. The van der Waals surface area contributed by atoms with Gasteiger partial charge in [-0.25, -0.2) is 0 Å². The smallest absolute Gasteiger partial charge is 0.277 e. The summed E-state index contributed by atoms with van der Waals surface area (Å²) in [5, 5.41) is 10.3. The number of nitrogens with one attached hydrogen (secondary N) is 4. The van der Waals surface area contributed by atoms with Crippen molar-refractivity contribution < 1.29 is 165 Å². The Hall–Kier alpha value is -5.09. The van der Waals surface area contributed by atoms with Crippen molar-refractivity contribution in [2.75, 3.05) is 349 Å². The third-order valence-corrected chi connectivity index (χ3v) is 20.0. The standard InChI is InChI=1S/C85H143Cl2N5O35S/c1-84(2,3)126-69-73(67-71-9-11-72(12-10-71)90-81(96)80-74(86)7-6-8-75(80)87)91-83(98)85(14-4-5-15-85)16-17-88-77(93)13-19-102-21-23-104-25-27-106-29-31-108-33-35-110-37-39-112-41-43-114-45-47-116-49-51-118-53-55-120-57-59-122-61-63-124-65-66-125-64-62-123-60-58-121-56-54-119-52-50-117-48-46-115-44-42-113-40-38-111-36-34-109-32-30-107-28-26-105-24-22-103-20-18-89-78(94)70-127-92-79(95)68-76(82(92)97)128(99,100)101/h6-12,73,76H,4-5,13-70H2,1-3H3,(H,88,93)(H,89,94)(H,90,96)(H,91,98)(H,99,100,101)/t73-,76?/m0/s1. The van der Waals surface area contributed by atoms with Gasteiger partial charge in [-0.05, 0) is 76.3 Å². The van der Waals surface area contributed by atoms with E-state index in [1.165, 1.54) is 0 Å². The highest BCUT2D eigenvalue weighted by Crippen LogP contribution is 2.41. The fraction of sp³-hybridized carbons (Fsp3) is 0.788. The Morgan fingerprint density at radius 2 is 0.742 bits per heavy atom. The lowest BCUT2D eigenvalue weighted by atomic mass is 9.81. The van der Waals surface area contributed by atoms with Crippen LogP contribution in [-0.2, 0) is 164 Å². The average Bonchev–Trinajstić information content (AvgIpc) is 1.65. The molecule has 2 fully saturated rings. The van der Waals surface area contributed by atoms with Crippen molar-refractivity contribution in [1.82, 2.24) is 21.0 Å². The van der Waals surface area contributed by atoms with Gasteiger partial charge in [0, 0.05) is 25.2 Å². The maximum atomic E-state index is 14.1. The van der Waals surface area contributed by atoms with Crippen LogP contribution in [0.25, 0.3) is 0 Å². The number of amides is 6. The molecule has 43 heteroatoms. The molecule has 128 heavy (non-hydrogen) atoms. The number of nitrogens with zero attached hydrogens (tertiary/aromatic N) is 1. The second kappa shape index (κ2) is 77.2. The number of hydrogen-bond acceptors (Lipinski definition) is 34. The van der Waals surface area contributed by atoms with Gasteiger partial charge in [-0.2, -0.15) is 13.5 Å². The molecule has 1 unspecified atom stereocenters. The van der Waals surface area contributed by atoms with Crippen molar-refractivity contribution >= 4 is 74.5 Å². The van der Waals surface area contributed by atoms with Crippen LogP contribution in [0.1, 0.15) is 81.6 Å². The fourth-order valence-corrected chi connectivity index (χ4v) is 12.9. The summed E-state index contributed by atoms with van der Waals surface area (Å²) in [6, 6.07) is 12.0. The molecule has 1 saturated carbocycles. The molecule has 2 aliphatic rings. The van der Waals surface area contributed by atoms with E-state index in [1.54, 1.807) is 30.3 Å². The quantitative estimate of drug-likeness (QED) is 0.0355. The summed E-state index contributed by atoms with van der Waals surface area (Å²) in [5.41, 5.74) is 0.722. The van der Waals surface area contributed by atoms with E-state index in [9.17, 15) is 37.2 Å². The molecule has 2 aromatic rings. The summed E-state index contributed by atoms with van der Waals surface area (Å²) in [6.07, 6.45) is 3.82. The third kappa shape index (κ3) is 61.7. The molecule has 1 aliphatic heterocycles. The average molecular weight is 1900 g/mol. The molecule has 6 amide bonds. The summed E-state index contributed by atoms with van der Waals surface area (Å²) in [6.45, 7) is 26.1. The summed E-state index contributed by atoms with van der Waals surface area (Å²) in [4.78, 5) is 80.2. The lowest BCUT2D eigenvalue weighted by Gasteiger charge is -2.32. The molecule has 40 nitrogen and oxygen atoms in total. The van der Waals surface area contributed by atoms with E-state index in [2.05, 4.69) is 21.3 Å². The van der Waals surface area contributed by atoms with Crippen LogP contribution < -0.4 is 21.3 Å². The van der Waals surface area contributed by atoms with E-state index >= 15 is 0 Å². The maximum absolute atomic E-state index is 14.1. The summed E-state index contributed by atoms with van der Waals surface area (Å²) >= 11 is 12.5. The first-order valence-electron chi connectivity index (χ1n) is 43.9. The van der Waals surface area contributed by atoms with Gasteiger partial charge >= 0.3 is 0 Å². The van der Waals surface area contributed by atoms with Gasteiger partial charge in [0.15, 0.2) is 11.9 Å². The highest BCUT2D eigenvalue weighted by molar-refractivity contribution is 7.87. The van der Waals surface area contributed by atoms with Gasteiger partial charge in [0.1, 0.15) is 0 Å². The number of hydroxylamine groups is 2. The number of halogens is 2. The highest BCUT2D eigenvalue weighted by Gasteiger charge is 2.47. The Balaban J connectivity index is 0.739. The monoisotopic (exact) mass is 1900 g/mol. The minimum atomic E-state index is -4.77. The van der Waals surface area contributed by atoms with E-state index in [-0.39, 0.29) is 71.3 Å². The number of carbonyl (C=O) groups is 6. The lowest BCUT2D eigenvalue weighted by molar-refractivity contribution is -0.188. The Morgan fingerprint density at radius 3 is 1.05 bits per heavy atom. The van der Waals surface area contributed by atoms with E-state index in [0.29, 0.717) is 329 Å². The number of benzene rings is 2. The molecule has 0 bridgehead atoms. The SMILES string of the molecule is CC(C)(C)OC[C@H](Cc1ccc(NC(=O)c2c(Cl)cccc2Cl)cc1)NC(=O)C1(CCNC(=O)CCOCCOCCOCCOCCOCCOCCOCCOCCOCCOCCOCCOCCOCCOCCOCCOCCOCCOCCOCCOCCOCCOCCOCCOCCNC(=O)CON2C(=O)CC(S(=O)(=O)O)C2=O)CCCC1. The van der Waals surface area contributed by atoms with E-state index < -0.39 is 63.0 Å². The van der Waals surface area contributed by atoms with Crippen molar-refractivity contribution in [1.29, 1.82) is 0 Å². The Morgan fingerprint density at radius 1 is 0.438 bits per heavy atom. The number of ether oxygens (including phenoxy) is 25. The Labute approximate surface area is 763 Å². The molecule has 1 aliphatic carbocycles. The number of carbonyl (C=O) groups excluding carboxylic acids is 6. The molecular formula is C85H143Cl2N5O35S. The van der Waals surface area contributed by atoms with Crippen molar-refractivity contribution in [3.63, 3.8) is 0 Å². The van der Waals surface area contributed by atoms with Gasteiger partial charge in [-0.15, -0.1) is 0 Å². The lowest BCUT2D eigenvalue weighted by Crippen LogP contribution is -2.49. The molecule has 1 saturated heterocycles. The zero-order valence-corrected chi connectivity index (χ0v) is 77.4. The first kappa shape index (κ1) is 115. The fourth-order valence-electron chi connectivity index (χ4n) is 11.6. The molecule has 2 aromatic carbocycles. The van der Waals surface area contributed by atoms with Crippen molar-refractivity contribution in [3.05, 3.63) is 63.6 Å². The van der Waals surface area contributed by atoms with Crippen LogP contribution in [0.3, 0.4) is 0 Å². The van der Waals surface area contributed by atoms with Crippen molar-refractivity contribution in [2.24, 2.45) is 5.41 Å². The predicted molar refractivity (Wildman–Crippen MR) is 466 cm³/mol. The van der Waals surface area contributed by atoms with Crippen molar-refractivity contribution in [3.8, 4) is 0 Å². The maximum Gasteiger partial charge on any atom is 0.277 e. The summed E-state index contributed by atoms with van der Waals surface area (Å²) in [7, 11) is -4.77. The highest BCUT2D eigenvalue weighted by atomic mass is 35.5. The summed E-state index contributed by atoms with van der Waals surface area (Å²) < 4.78 is 170. The third-order valence-electron chi connectivity index (χ3n) is 18.2. The first-order chi connectivity index (χ1) is 62.3. The largest absolute Gasteiger partial charge is 0.379 e. The van der Waals surface area contributed by atoms with Gasteiger partial charge in [0.25, 0.3) is 27.8 Å². The Kier molecular flexibility index (Phi) is 69.5. The molecule has 1 heterocycles. The molecular weight excluding hydrogens is 1750 g/mol. The first-order valence-corrected chi connectivity index (χ1v) is 46.2. The van der Waals surface area contributed by atoms with Gasteiger partial charge in [0.05, 0.1) is 363 Å². The number of hydrogen-bond donors (Lipinski definition) is 5. The van der Waals surface area contributed by atoms with Crippen LogP contribution in [-0.4, -0.2) is 414 Å². The number of anilines is 1. The second-order valence-electron chi connectivity index (χ2n) is 29.4. The molecule has 738 valence electrons. The zero-order chi connectivity index (χ0) is 92.2. The zero-order valence-electron chi connectivity index (χ0n) is 75.1. The van der Waals surface area contributed by atoms with E-state index in [0.717, 1.165) is 31.2 Å². The molecule has 0 aromatic heterocycles. The van der Waals surface area contributed by atoms with Crippen LogP contribution in [0.2, 0.25) is 10.0 Å². The van der Waals surface area contributed by atoms with Gasteiger partial charge in [-0.1, -0.05) is 54.2 Å². The van der Waals surface area contributed by atoms with E-state index in [1.807, 2.05) is 32.9 Å². The van der Waals surface area contributed by atoms with Crippen LogP contribution in [0.5, 0.6) is 0 Å². The van der Waals surface area contributed by atoms with Crippen molar-refractivity contribution in [2.45, 2.75) is 89.0 Å². The van der Waals surface area contributed by atoms with Crippen LogP contribution in [0.15, 0.2) is 42.5 Å². The minimum absolute atomic E-state index is 0.0317. The van der Waals surface area contributed by atoms with Gasteiger partial charge in [-0.3, -0.25) is 38.2 Å². The predicted octanol–water partition coefficient (Wildman–Crippen LogP) is 4.01. The topological polar surface area (TPSA) is 448 Å². The Bertz CT molecular complexity index is 3230. The normalized spacial score (nSPS) is 14.4. The van der Waals surface area contributed by atoms with E-state index in [4.69, 9.17) is 151 Å². The molecule has 0 radical (unpaired) electrons. The van der Waals surface area contributed by atoms with Crippen LogP contribution >= 0.6 is 23.2 Å². The number of rotatable bonds is 90. The minimum Gasteiger partial charge on any atom is -0.379 e. The van der Waals surface area contributed by atoms with Gasteiger partial charge in [0.2, 0.25) is 17.7 Å². The number of imide groups is 1. The van der Waals surface area contributed by atoms with Crippen LogP contribution in [0.4, 0.5) is 5.69 Å². The second-order valence-corrected chi connectivity index (χ2v) is 31.9. The van der Waals surface area contributed by atoms with Crippen LogP contribution in [0, 0.1) is 5.41 Å². The van der Waals surface area contributed by atoms with Gasteiger partial charge < -0.3 is 140 Å². The molecule has 4 rings (SSSR count). The molecule has 5 N–H and O–H groups in total. The summed E-state index contributed by atoms with van der Waals surface area (Å²) in [5.74, 6) is -3.49. The molecule has 2 atom stereocenters.